The molecular weight excluding hydrogens is 208 g/mol. The summed E-state index contributed by atoms with van der Waals surface area (Å²) in [4.78, 5) is 3.08. The fourth-order valence-electron chi connectivity index (χ4n) is 1.42. The van der Waals surface area contributed by atoms with Crippen LogP contribution in [0.25, 0.3) is 16.1 Å². The monoisotopic (exact) mass is 215 g/mol. The molecule has 0 atom stereocenters. The highest BCUT2D eigenvalue weighted by atomic mass is 35.5. The van der Waals surface area contributed by atoms with E-state index < -0.39 is 0 Å². The van der Waals surface area contributed by atoms with Gasteiger partial charge in [-0.05, 0) is 11.6 Å². The standard InChI is InChI=1S/C12H8ClN2/c13-12-8-10(15-14)6-7-11(12)9-4-2-1-3-5-9/h1-8H/q+1. The van der Waals surface area contributed by atoms with Crippen LogP contribution in [0.4, 0.5) is 5.69 Å². The van der Waals surface area contributed by atoms with Gasteiger partial charge in [0.1, 0.15) is 0 Å². The molecule has 0 spiro atoms. The zero-order chi connectivity index (χ0) is 10.7. The summed E-state index contributed by atoms with van der Waals surface area (Å²) >= 11 is 6.07. The Kier molecular flexibility index (Phi) is 2.66. The molecule has 0 aromatic heterocycles. The topological polar surface area (TPSA) is 28.1 Å². The minimum atomic E-state index is 0.458. The summed E-state index contributed by atoms with van der Waals surface area (Å²) in [5, 5.41) is 9.17. The molecule has 0 saturated heterocycles. The summed E-state index contributed by atoms with van der Waals surface area (Å²) in [6.07, 6.45) is 0. The van der Waals surface area contributed by atoms with Crippen LogP contribution in [0.1, 0.15) is 0 Å². The molecule has 0 heterocycles. The lowest BCUT2D eigenvalue weighted by Crippen LogP contribution is -1.77. The maximum Gasteiger partial charge on any atom is 0.386 e. The van der Waals surface area contributed by atoms with Gasteiger partial charge in [0, 0.05) is 11.6 Å². The molecule has 2 nitrogen and oxygen atoms in total. The molecule has 0 fully saturated rings. The van der Waals surface area contributed by atoms with Gasteiger partial charge in [-0.25, -0.2) is 0 Å². The van der Waals surface area contributed by atoms with Crippen LogP contribution in [0, 0.1) is 5.39 Å². The van der Waals surface area contributed by atoms with Crippen molar-refractivity contribution in [1.29, 1.82) is 5.39 Å². The Morgan fingerprint density at radius 1 is 1.00 bits per heavy atom. The normalized spacial score (nSPS) is 9.60. The molecule has 0 bridgehead atoms. The van der Waals surface area contributed by atoms with Gasteiger partial charge in [0.25, 0.3) is 0 Å². The van der Waals surface area contributed by atoms with Crippen LogP contribution < -0.4 is 0 Å². The highest BCUT2D eigenvalue weighted by Crippen LogP contribution is 2.30. The lowest BCUT2D eigenvalue weighted by atomic mass is 10.1. The van der Waals surface area contributed by atoms with E-state index in [1.54, 1.807) is 12.1 Å². The number of hydrogen-bond acceptors (Lipinski definition) is 1. The summed E-state index contributed by atoms with van der Waals surface area (Å²) in [5.41, 5.74) is 2.44. The van der Waals surface area contributed by atoms with Gasteiger partial charge in [-0.1, -0.05) is 41.9 Å². The third-order valence-corrected chi connectivity index (χ3v) is 2.47. The van der Waals surface area contributed by atoms with Crippen LogP contribution >= 0.6 is 11.6 Å². The zero-order valence-electron chi connectivity index (χ0n) is 7.89. The van der Waals surface area contributed by atoms with Crippen LogP contribution in [-0.4, -0.2) is 0 Å². The van der Waals surface area contributed by atoms with E-state index in [1.807, 2.05) is 36.4 Å². The van der Waals surface area contributed by atoms with Gasteiger partial charge in [0.05, 0.1) is 11.1 Å². The van der Waals surface area contributed by atoms with Crippen molar-refractivity contribution in [1.82, 2.24) is 0 Å². The fourth-order valence-corrected chi connectivity index (χ4v) is 1.70. The third kappa shape index (κ3) is 1.98. The molecule has 0 aliphatic rings. The lowest BCUT2D eigenvalue weighted by molar-refractivity contribution is 1.46. The van der Waals surface area contributed by atoms with Crippen LogP contribution in [0.2, 0.25) is 5.02 Å². The first-order chi connectivity index (χ1) is 7.31. The summed E-state index contributed by atoms with van der Waals surface area (Å²) in [6, 6.07) is 15.0. The zero-order valence-corrected chi connectivity index (χ0v) is 8.65. The SMILES string of the molecule is N#[N+]c1ccc(-c2ccccc2)c(Cl)c1. The van der Waals surface area contributed by atoms with Crippen molar-refractivity contribution in [3.63, 3.8) is 0 Å². The predicted octanol–water partition coefficient (Wildman–Crippen LogP) is 4.49. The molecule has 0 radical (unpaired) electrons. The van der Waals surface area contributed by atoms with Crippen molar-refractivity contribution in [3.8, 4) is 11.1 Å². The predicted molar refractivity (Wildman–Crippen MR) is 61.6 cm³/mol. The highest BCUT2D eigenvalue weighted by Gasteiger charge is 2.09. The molecule has 0 N–H and O–H groups in total. The molecule has 0 aliphatic carbocycles. The summed E-state index contributed by atoms with van der Waals surface area (Å²) in [6.45, 7) is 0. The Hall–Kier alpha value is -1.85. The fraction of sp³-hybridized carbons (Fsp3) is 0. The molecule has 3 heteroatoms. The van der Waals surface area contributed by atoms with Gasteiger partial charge in [0.2, 0.25) is 5.39 Å². The first-order valence-electron chi connectivity index (χ1n) is 4.51. The quantitative estimate of drug-likeness (QED) is 0.644. The Bertz CT molecular complexity index is 515. The number of halogens is 1. The minimum Gasteiger partial charge on any atom is -0.0834 e. The van der Waals surface area contributed by atoms with Crippen molar-refractivity contribution in [3.05, 3.63) is 58.5 Å². The molecule has 0 aliphatic heterocycles. The highest BCUT2D eigenvalue weighted by molar-refractivity contribution is 6.33. The Balaban J connectivity index is 2.52. The number of diazo groups is 1. The second-order valence-electron chi connectivity index (χ2n) is 3.13. The van der Waals surface area contributed by atoms with E-state index in [1.165, 1.54) is 0 Å². The summed E-state index contributed by atoms with van der Waals surface area (Å²) < 4.78 is 0. The van der Waals surface area contributed by atoms with Crippen LogP contribution in [0.5, 0.6) is 0 Å². The molecule has 72 valence electrons. The molecule has 2 rings (SSSR count). The van der Waals surface area contributed by atoms with Gasteiger partial charge in [-0.15, -0.1) is 0 Å². The van der Waals surface area contributed by atoms with Crippen molar-refractivity contribution >= 4 is 17.3 Å². The number of nitrogens with zero attached hydrogens (tertiary/aromatic N) is 2. The second kappa shape index (κ2) is 4.12. The number of rotatable bonds is 1. The first kappa shape index (κ1) is 9.70. The van der Waals surface area contributed by atoms with Gasteiger partial charge < -0.3 is 0 Å². The van der Waals surface area contributed by atoms with E-state index >= 15 is 0 Å². The first-order valence-corrected chi connectivity index (χ1v) is 4.89. The summed E-state index contributed by atoms with van der Waals surface area (Å²) in [5.74, 6) is 0. The van der Waals surface area contributed by atoms with Crippen LogP contribution in [-0.2, 0) is 0 Å². The second-order valence-corrected chi connectivity index (χ2v) is 3.54. The van der Waals surface area contributed by atoms with E-state index in [0.717, 1.165) is 11.1 Å². The number of hydrogen-bond donors (Lipinski definition) is 0. The van der Waals surface area contributed by atoms with Gasteiger partial charge in [-0.3, -0.25) is 0 Å². The molecule has 15 heavy (non-hydrogen) atoms. The minimum absolute atomic E-state index is 0.458. The third-order valence-electron chi connectivity index (χ3n) is 2.15. The van der Waals surface area contributed by atoms with Crippen LogP contribution in [0.15, 0.2) is 48.5 Å². The number of benzene rings is 2. The van der Waals surface area contributed by atoms with E-state index in [0.29, 0.717) is 10.7 Å². The van der Waals surface area contributed by atoms with E-state index in [9.17, 15) is 0 Å². The lowest BCUT2D eigenvalue weighted by Gasteiger charge is -2.01. The Morgan fingerprint density at radius 3 is 2.33 bits per heavy atom. The summed E-state index contributed by atoms with van der Waals surface area (Å²) in [7, 11) is 0. The maximum absolute atomic E-state index is 8.59. The van der Waals surface area contributed by atoms with Gasteiger partial charge in [0.15, 0.2) is 4.98 Å². The smallest absolute Gasteiger partial charge is 0.0834 e. The largest absolute Gasteiger partial charge is 0.386 e. The van der Waals surface area contributed by atoms with Gasteiger partial charge >= 0.3 is 5.69 Å². The van der Waals surface area contributed by atoms with Crippen molar-refractivity contribution in [2.45, 2.75) is 0 Å². The van der Waals surface area contributed by atoms with E-state index in [2.05, 4.69) is 4.98 Å². The van der Waals surface area contributed by atoms with Crippen LogP contribution in [0.3, 0.4) is 0 Å². The Morgan fingerprint density at radius 2 is 1.73 bits per heavy atom. The van der Waals surface area contributed by atoms with E-state index in [4.69, 9.17) is 17.0 Å². The average molecular weight is 216 g/mol. The average Bonchev–Trinajstić information content (AvgIpc) is 2.30. The van der Waals surface area contributed by atoms with Crippen molar-refractivity contribution in [2.24, 2.45) is 0 Å². The Labute approximate surface area is 92.8 Å². The molecule has 0 unspecified atom stereocenters. The molecule has 0 saturated carbocycles. The van der Waals surface area contributed by atoms with E-state index in [-0.39, 0.29) is 0 Å². The molecule has 2 aromatic rings. The maximum atomic E-state index is 8.59. The van der Waals surface area contributed by atoms with Gasteiger partial charge in [-0.2, -0.15) is 0 Å². The molecule has 2 aromatic carbocycles. The van der Waals surface area contributed by atoms with Crippen molar-refractivity contribution in [2.75, 3.05) is 0 Å². The molecular formula is C12H8ClN2+. The van der Waals surface area contributed by atoms with Crippen molar-refractivity contribution < 1.29 is 0 Å². The molecule has 0 amide bonds.